The lowest BCUT2D eigenvalue weighted by molar-refractivity contribution is 0.669. The van der Waals surface area contributed by atoms with Crippen LogP contribution in [0.1, 0.15) is 0 Å². The van der Waals surface area contributed by atoms with Gasteiger partial charge in [0.2, 0.25) is 11.2 Å². The van der Waals surface area contributed by atoms with E-state index in [9.17, 15) is 0 Å². The third-order valence-corrected chi connectivity index (χ3v) is 6.18. The zero-order valence-electron chi connectivity index (χ0n) is 17.2. The number of nitrogens with zero attached hydrogens (tertiary/aromatic N) is 4. The van der Waals surface area contributed by atoms with Crippen LogP contribution in [-0.2, 0) is 0 Å². The number of hydrogen-bond donors (Lipinski definition) is 0. The fourth-order valence-corrected chi connectivity index (χ4v) is 4.73. The highest BCUT2D eigenvalue weighted by atomic mass is 35.5. The van der Waals surface area contributed by atoms with Crippen LogP contribution in [0.2, 0.25) is 5.28 Å². The van der Waals surface area contributed by atoms with Gasteiger partial charge in [-0.05, 0) is 48.0 Å². The van der Waals surface area contributed by atoms with Crippen molar-refractivity contribution in [1.29, 1.82) is 0 Å². The van der Waals surface area contributed by atoms with Crippen molar-refractivity contribution in [3.05, 3.63) is 96.3 Å². The molecule has 7 aromatic rings. The molecule has 0 aliphatic carbocycles. The molecule has 3 aromatic heterocycles. The van der Waals surface area contributed by atoms with Gasteiger partial charge < -0.3 is 4.42 Å². The van der Waals surface area contributed by atoms with E-state index in [0.29, 0.717) is 11.8 Å². The first-order valence-electron chi connectivity index (χ1n) is 10.6. The lowest BCUT2D eigenvalue weighted by Crippen LogP contribution is -2.04. The maximum absolute atomic E-state index is 6.42. The Hall–Kier alpha value is -4.22. The van der Waals surface area contributed by atoms with E-state index in [2.05, 4.69) is 40.3 Å². The van der Waals surface area contributed by atoms with Crippen molar-refractivity contribution in [2.45, 2.75) is 0 Å². The minimum atomic E-state index is 0.147. The molecule has 156 valence electrons. The first-order valence-corrected chi connectivity index (χ1v) is 11.0. The Kier molecular flexibility index (Phi) is 3.83. The molecule has 0 spiro atoms. The van der Waals surface area contributed by atoms with Gasteiger partial charge in [-0.2, -0.15) is 15.0 Å². The predicted octanol–water partition coefficient (Wildman–Crippen LogP) is 7.19. The van der Waals surface area contributed by atoms with Crippen LogP contribution < -0.4 is 0 Å². The summed E-state index contributed by atoms with van der Waals surface area (Å²) in [6, 6.07) is 30.4. The number of rotatable bonds is 2. The maximum Gasteiger partial charge on any atom is 0.239 e. The van der Waals surface area contributed by atoms with E-state index in [0.717, 1.165) is 49.3 Å². The second-order valence-electron chi connectivity index (χ2n) is 7.91. The molecule has 0 radical (unpaired) electrons. The first kappa shape index (κ1) is 18.4. The standard InChI is InChI=1S/C27H15ClN4O/c28-26-29-25(16-13-14-24-20(15-16)19-9-3-6-12-23(19)33-24)30-27(31-26)32-21-10-4-1-7-17(21)18-8-2-5-11-22(18)32/h1-15H. The number of benzene rings is 4. The minimum absolute atomic E-state index is 0.147. The second kappa shape index (κ2) is 6.89. The van der Waals surface area contributed by atoms with Crippen LogP contribution in [-0.4, -0.2) is 19.5 Å². The van der Waals surface area contributed by atoms with Crippen LogP contribution in [0.5, 0.6) is 0 Å². The molecule has 5 nitrogen and oxygen atoms in total. The summed E-state index contributed by atoms with van der Waals surface area (Å²) in [5.74, 6) is 0.999. The van der Waals surface area contributed by atoms with E-state index < -0.39 is 0 Å². The average Bonchev–Trinajstić information content (AvgIpc) is 3.39. The van der Waals surface area contributed by atoms with Crippen molar-refractivity contribution >= 4 is 55.3 Å². The fraction of sp³-hybridized carbons (Fsp3) is 0. The number of fused-ring (bicyclic) bond motifs is 6. The molecule has 0 atom stereocenters. The largest absolute Gasteiger partial charge is 0.456 e. The van der Waals surface area contributed by atoms with E-state index in [1.54, 1.807) is 0 Å². The monoisotopic (exact) mass is 446 g/mol. The highest BCUT2D eigenvalue weighted by Gasteiger charge is 2.17. The van der Waals surface area contributed by atoms with Gasteiger partial charge >= 0.3 is 0 Å². The normalized spacial score (nSPS) is 11.8. The molecule has 0 aliphatic rings. The van der Waals surface area contributed by atoms with Crippen molar-refractivity contribution in [3.8, 4) is 17.3 Å². The third-order valence-electron chi connectivity index (χ3n) is 6.01. The quantitative estimate of drug-likeness (QED) is 0.282. The molecule has 0 bridgehead atoms. The van der Waals surface area contributed by atoms with Crippen molar-refractivity contribution in [1.82, 2.24) is 19.5 Å². The second-order valence-corrected chi connectivity index (χ2v) is 8.24. The molecule has 4 aromatic carbocycles. The molecule has 0 fully saturated rings. The summed E-state index contributed by atoms with van der Waals surface area (Å²) in [6.45, 7) is 0. The summed E-state index contributed by atoms with van der Waals surface area (Å²) < 4.78 is 8.00. The molecule has 7 rings (SSSR count). The first-order chi connectivity index (χ1) is 16.3. The zero-order valence-corrected chi connectivity index (χ0v) is 18.0. The summed E-state index contributed by atoms with van der Waals surface area (Å²) in [4.78, 5) is 13.8. The summed E-state index contributed by atoms with van der Waals surface area (Å²) in [5.41, 5.74) is 4.55. The van der Waals surface area contributed by atoms with Crippen LogP contribution in [0.25, 0.3) is 61.1 Å². The molecular formula is C27H15ClN4O. The summed E-state index contributed by atoms with van der Waals surface area (Å²) in [7, 11) is 0. The lowest BCUT2D eigenvalue weighted by Gasteiger charge is -2.08. The van der Waals surface area contributed by atoms with E-state index >= 15 is 0 Å². The van der Waals surface area contributed by atoms with E-state index in [1.165, 1.54) is 0 Å². The van der Waals surface area contributed by atoms with Crippen molar-refractivity contribution in [2.75, 3.05) is 0 Å². The lowest BCUT2D eigenvalue weighted by atomic mass is 10.1. The molecule has 0 saturated heterocycles. The van der Waals surface area contributed by atoms with E-state index in [-0.39, 0.29) is 5.28 Å². The number of para-hydroxylation sites is 3. The number of aromatic nitrogens is 4. The van der Waals surface area contributed by atoms with E-state index in [1.807, 2.05) is 65.2 Å². The molecule has 3 heterocycles. The Bertz CT molecular complexity index is 1800. The Labute approximate surface area is 192 Å². The Morgan fingerprint density at radius 1 is 0.606 bits per heavy atom. The molecule has 0 aliphatic heterocycles. The van der Waals surface area contributed by atoms with Crippen molar-refractivity contribution < 1.29 is 4.42 Å². The Balaban J connectivity index is 1.48. The van der Waals surface area contributed by atoms with Gasteiger partial charge in [0.25, 0.3) is 0 Å². The van der Waals surface area contributed by atoms with Gasteiger partial charge in [0.05, 0.1) is 11.0 Å². The number of halogens is 1. The molecule has 6 heteroatoms. The third kappa shape index (κ3) is 2.76. The predicted molar refractivity (Wildman–Crippen MR) is 132 cm³/mol. The van der Waals surface area contributed by atoms with Gasteiger partial charge in [-0.15, -0.1) is 0 Å². The topological polar surface area (TPSA) is 56.7 Å². The molecular weight excluding hydrogens is 432 g/mol. The average molecular weight is 447 g/mol. The summed E-state index contributed by atoms with van der Waals surface area (Å²) in [6.07, 6.45) is 0. The summed E-state index contributed by atoms with van der Waals surface area (Å²) in [5, 5.41) is 4.49. The number of hydrogen-bond acceptors (Lipinski definition) is 4. The highest BCUT2D eigenvalue weighted by Crippen LogP contribution is 2.33. The van der Waals surface area contributed by atoms with Crippen LogP contribution in [0.3, 0.4) is 0 Å². The van der Waals surface area contributed by atoms with Crippen molar-refractivity contribution in [3.63, 3.8) is 0 Å². The molecule has 0 N–H and O–H groups in total. The highest BCUT2D eigenvalue weighted by molar-refractivity contribution is 6.28. The minimum Gasteiger partial charge on any atom is -0.456 e. The van der Waals surface area contributed by atoms with Crippen LogP contribution in [0.4, 0.5) is 0 Å². The van der Waals surface area contributed by atoms with Gasteiger partial charge in [-0.25, -0.2) is 0 Å². The number of furan rings is 1. The van der Waals surface area contributed by atoms with Gasteiger partial charge in [-0.1, -0.05) is 54.6 Å². The van der Waals surface area contributed by atoms with Gasteiger partial charge in [-0.3, -0.25) is 4.57 Å². The fourth-order valence-electron chi connectivity index (χ4n) is 4.57. The van der Waals surface area contributed by atoms with E-state index in [4.69, 9.17) is 21.0 Å². The Morgan fingerprint density at radius 2 is 1.24 bits per heavy atom. The maximum atomic E-state index is 6.42. The van der Waals surface area contributed by atoms with Gasteiger partial charge in [0.15, 0.2) is 5.82 Å². The SMILES string of the molecule is Clc1nc(-c2ccc3oc4ccccc4c3c2)nc(-n2c3ccccc3c3ccccc32)n1. The Morgan fingerprint density at radius 3 is 2.00 bits per heavy atom. The smallest absolute Gasteiger partial charge is 0.239 e. The van der Waals surface area contributed by atoms with Crippen LogP contribution >= 0.6 is 11.6 Å². The summed E-state index contributed by atoms with van der Waals surface area (Å²) >= 11 is 6.42. The molecule has 33 heavy (non-hydrogen) atoms. The zero-order chi connectivity index (χ0) is 21.9. The van der Waals surface area contributed by atoms with Crippen LogP contribution in [0, 0.1) is 0 Å². The van der Waals surface area contributed by atoms with Gasteiger partial charge in [0, 0.05) is 27.1 Å². The molecule has 0 unspecified atom stereocenters. The molecule has 0 amide bonds. The van der Waals surface area contributed by atoms with Crippen LogP contribution in [0.15, 0.2) is 95.4 Å². The molecule has 0 saturated carbocycles. The van der Waals surface area contributed by atoms with Crippen molar-refractivity contribution in [2.24, 2.45) is 0 Å². The van der Waals surface area contributed by atoms with Gasteiger partial charge in [0.1, 0.15) is 11.2 Å².